The Kier molecular flexibility index (Phi) is 6.53. The van der Waals surface area contributed by atoms with Crippen LogP contribution in [0.5, 0.6) is 0 Å². The molecule has 0 spiro atoms. The lowest BCUT2D eigenvalue weighted by molar-refractivity contribution is 0.118. The predicted molar refractivity (Wildman–Crippen MR) is 64.8 cm³/mol. The third-order valence-electron chi connectivity index (χ3n) is 3.32. The molecule has 0 unspecified atom stereocenters. The third-order valence-corrected chi connectivity index (χ3v) is 5.53. The van der Waals surface area contributed by atoms with E-state index in [2.05, 4.69) is 5.32 Å². The Morgan fingerprint density at radius 2 is 1.81 bits per heavy atom. The fourth-order valence-electron chi connectivity index (χ4n) is 2.21. The second-order valence-electron chi connectivity index (χ2n) is 4.48. The maximum atomic E-state index is 11.8. The molecule has 16 heavy (non-hydrogen) atoms. The van der Waals surface area contributed by atoms with Crippen molar-refractivity contribution in [3.63, 3.8) is 0 Å². The first-order valence-corrected chi connectivity index (χ1v) is 8.17. The molecule has 1 fully saturated rings. The van der Waals surface area contributed by atoms with Gasteiger partial charge in [-0.15, -0.1) is 0 Å². The van der Waals surface area contributed by atoms with Crippen LogP contribution in [0, 0.1) is 0 Å². The van der Waals surface area contributed by atoms with E-state index in [1.807, 2.05) is 0 Å². The Labute approximate surface area is 99.7 Å². The second-order valence-corrected chi connectivity index (χ2v) is 7.17. The molecule has 95 valence electrons. The zero-order valence-corrected chi connectivity index (χ0v) is 11.5. The molecular formula is C11H24NO3Si. The van der Waals surface area contributed by atoms with Gasteiger partial charge in [-0.2, -0.15) is 0 Å². The molecular weight excluding hydrogens is 222 g/mol. The summed E-state index contributed by atoms with van der Waals surface area (Å²) in [6.07, 6.45) is 7.49. The molecule has 1 rings (SSSR count). The largest absolute Gasteiger partial charge is 0.528 e. The van der Waals surface area contributed by atoms with Crippen molar-refractivity contribution in [2.75, 3.05) is 20.8 Å². The molecule has 0 bridgehead atoms. The van der Waals surface area contributed by atoms with E-state index in [0.717, 1.165) is 13.0 Å². The van der Waals surface area contributed by atoms with Crippen molar-refractivity contribution in [2.45, 2.75) is 50.6 Å². The van der Waals surface area contributed by atoms with Crippen LogP contribution in [0.25, 0.3) is 0 Å². The van der Waals surface area contributed by atoms with Crippen LogP contribution in [0.3, 0.4) is 0 Å². The van der Waals surface area contributed by atoms with E-state index in [-0.39, 0.29) is 0 Å². The van der Waals surface area contributed by atoms with Gasteiger partial charge in [0.1, 0.15) is 0 Å². The minimum atomic E-state index is -3.07. The molecule has 1 saturated carbocycles. The van der Waals surface area contributed by atoms with Crippen molar-refractivity contribution in [1.29, 1.82) is 0 Å². The van der Waals surface area contributed by atoms with E-state index in [9.17, 15) is 4.80 Å². The normalized spacial score (nSPS) is 18.9. The summed E-state index contributed by atoms with van der Waals surface area (Å²) < 4.78 is 9.82. The molecule has 0 atom stereocenters. The highest BCUT2D eigenvalue weighted by Gasteiger charge is 2.35. The first kappa shape index (κ1) is 14.1. The highest BCUT2D eigenvalue weighted by Crippen LogP contribution is 2.17. The Morgan fingerprint density at radius 3 is 2.38 bits per heavy atom. The number of hydrogen-bond donors (Lipinski definition) is 1. The molecule has 0 heterocycles. The maximum absolute atomic E-state index is 11.8. The van der Waals surface area contributed by atoms with Crippen LogP contribution in [0.2, 0.25) is 6.04 Å². The summed E-state index contributed by atoms with van der Waals surface area (Å²) >= 11 is 0. The van der Waals surface area contributed by atoms with Crippen LogP contribution in [0.1, 0.15) is 38.5 Å². The first-order chi connectivity index (χ1) is 7.70. The molecule has 1 N–H and O–H groups in total. The van der Waals surface area contributed by atoms with Gasteiger partial charge in [0.15, 0.2) is 0 Å². The summed E-state index contributed by atoms with van der Waals surface area (Å²) in [6.45, 7) is 0.911. The van der Waals surface area contributed by atoms with Crippen LogP contribution in [-0.2, 0) is 13.6 Å². The smallest absolute Gasteiger partial charge is 0.376 e. The number of nitrogens with one attached hydrogen (secondary N) is 1. The van der Waals surface area contributed by atoms with E-state index in [1.165, 1.54) is 46.3 Å². The minimum Gasteiger partial charge on any atom is -0.376 e. The topological polar surface area (TPSA) is 50.4 Å². The lowest BCUT2D eigenvalue weighted by atomic mass is 9.95. The SMILES string of the molecule is CO[Si]([O])(CCCNC1CCCCC1)OC. The quantitative estimate of drug-likeness (QED) is 0.552. The molecule has 1 aliphatic rings. The van der Waals surface area contributed by atoms with Gasteiger partial charge < -0.3 is 14.2 Å². The summed E-state index contributed by atoms with van der Waals surface area (Å²) in [7, 11) is -0.163. The third kappa shape index (κ3) is 4.93. The first-order valence-electron chi connectivity index (χ1n) is 6.24. The van der Waals surface area contributed by atoms with E-state index in [4.69, 9.17) is 8.85 Å². The van der Waals surface area contributed by atoms with E-state index in [1.54, 1.807) is 0 Å². The van der Waals surface area contributed by atoms with Crippen LogP contribution in [0.4, 0.5) is 0 Å². The van der Waals surface area contributed by atoms with Crippen molar-refractivity contribution in [3.8, 4) is 0 Å². The summed E-state index contributed by atoms with van der Waals surface area (Å²) in [5.74, 6) is 0. The summed E-state index contributed by atoms with van der Waals surface area (Å²) in [6, 6.07) is 1.20. The number of hydrogen-bond acceptors (Lipinski definition) is 3. The van der Waals surface area contributed by atoms with Gasteiger partial charge in [0.25, 0.3) is 0 Å². The lowest BCUT2D eigenvalue weighted by Gasteiger charge is -2.23. The van der Waals surface area contributed by atoms with Gasteiger partial charge >= 0.3 is 8.80 Å². The van der Waals surface area contributed by atoms with Gasteiger partial charge in [0.05, 0.1) is 0 Å². The molecule has 0 aromatic carbocycles. The zero-order chi connectivity index (χ0) is 11.9. The molecule has 0 aromatic heterocycles. The Morgan fingerprint density at radius 1 is 1.19 bits per heavy atom. The fourth-order valence-corrected chi connectivity index (χ4v) is 3.39. The maximum Gasteiger partial charge on any atom is 0.528 e. The molecule has 0 aromatic rings. The highest BCUT2D eigenvalue weighted by atomic mass is 28.4. The van der Waals surface area contributed by atoms with Gasteiger partial charge in [0, 0.05) is 26.3 Å². The molecule has 1 radical (unpaired) electrons. The molecule has 5 heteroatoms. The monoisotopic (exact) mass is 246 g/mol. The van der Waals surface area contributed by atoms with E-state index >= 15 is 0 Å². The Hall–Kier alpha value is 0.0569. The summed E-state index contributed by atoms with van der Waals surface area (Å²) in [5, 5.41) is 3.51. The van der Waals surface area contributed by atoms with Crippen molar-refractivity contribution in [2.24, 2.45) is 0 Å². The average molecular weight is 246 g/mol. The summed E-state index contributed by atoms with van der Waals surface area (Å²) in [5.41, 5.74) is 0. The van der Waals surface area contributed by atoms with Gasteiger partial charge in [-0.3, -0.25) is 0 Å². The lowest BCUT2D eigenvalue weighted by Crippen LogP contribution is -2.40. The molecule has 1 aliphatic carbocycles. The van der Waals surface area contributed by atoms with Gasteiger partial charge in [-0.25, -0.2) is 4.80 Å². The number of rotatable bonds is 7. The van der Waals surface area contributed by atoms with Crippen molar-refractivity contribution >= 4 is 8.80 Å². The van der Waals surface area contributed by atoms with Gasteiger partial charge in [-0.05, 0) is 25.8 Å². The van der Waals surface area contributed by atoms with E-state index < -0.39 is 8.80 Å². The average Bonchev–Trinajstić information content (AvgIpc) is 2.36. The zero-order valence-electron chi connectivity index (χ0n) is 10.5. The van der Waals surface area contributed by atoms with Gasteiger partial charge in [0.2, 0.25) is 0 Å². The fraction of sp³-hybridized carbons (Fsp3) is 1.00. The highest BCUT2D eigenvalue weighted by molar-refractivity contribution is 6.58. The Bertz CT molecular complexity index is 182. The Balaban J connectivity index is 2.06. The van der Waals surface area contributed by atoms with Crippen LogP contribution in [-0.4, -0.2) is 35.6 Å². The minimum absolute atomic E-state index is 0.528. The van der Waals surface area contributed by atoms with Crippen LogP contribution >= 0.6 is 0 Å². The summed E-state index contributed by atoms with van der Waals surface area (Å²) in [4.78, 5) is 11.8. The predicted octanol–water partition coefficient (Wildman–Crippen LogP) is 1.96. The van der Waals surface area contributed by atoms with Gasteiger partial charge in [-0.1, -0.05) is 19.3 Å². The van der Waals surface area contributed by atoms with Crippen LogP contribution < -0.4 is 5.32 Å². The molecule has 0 amide bonds. The van der Waals surface area contributed by atoms with Crippen molar-refractivity contribution in [1.82, 2.24) is 5.32 Å². The van der Waals surface area contributed by atoms with Crippen molar-refractivity contribution in [3.05, 3.63) is 0 Å². The van der Waals surface area contributed by atoms with Crippen LogP contribution in [0.15, 0.2) is 0 Å². The van der Waals surface area contributed by atoms with E-state index in [0.29, 0.717) is 12.1 Å². The molecule has 0 aliphatic heterocycles. The molecule has 0 saturated heterocycles. The molecule has 4 nitrogen and oxygen atoms in total. The standard InChI is InChI=1S/C11H24NO3Si/c1-14-16(13,15-2)10-6-9-12-11-7-4-3-5-8-11/h11-12H,3-10H2,1-2H3. The second kappa shape index (κ2) is 7.40. The van der Waals surface area contributed by atoms with Crippen molar-refractivity contribution < 1.29 is 13.6 Å².